The number of nitrogens with one attached hydrogen (secondary N) is 2. The summed E-state index contributed by atoms with van der Waals surface area (Å²) in [5.41, 5.74) is 0.305. The molecule has 0 fully saturated rings. The smallest absolute Gasteiger partial charge is 0.406 e. The van der Waals surface area contributed by atoms with E-state index in [1.807, 2.05) is 13.8 Å². The maximum absolute atomic E-state index is 13.1. The van der Waals surface area contributed by atoms with Crippen LogP contribution >= 0.6 is 11.6 Å². The average Bonchev–Trinajstić information content (AvgIpc) is 2.44. The van der Waals surface area contributed by atoms with Gasteiger partial charge in [-0.3, -0.25) is 4.79 Å². The maximum Gasteiger partial charge on any atom is 0.406 e. The van der Waals surface area contributed by atoms with Crippen LogP contribution in [0.3, 0.4) is 0 Å². The molecule has 0 aliphatic rings. The largest absolute Gasteiger partial charge is 0.453 e. The zero-order valence-electron chi connectivity index (χ0n) is 12.8. The Morgan fingerprint density at radius 1 is 1.32 bits per heavy atom. The molecule has 1 aromatic carbocycles. The van der Waals surface area contributed by atoms with Crippen molar-refractivity contribution in [3.63, 3.8) is 0 Å². The molecule has 122 valence electrons. The minimum Gasteiger partial charge on any atom is -0.453 e. The van der Waals surface area contributed by atoms with E-state index in [1.54, 1.807) is 6.07 Å². The van der Waals surface area contributed by atoms with Gasteiger partial charge in [-0.2, -0.15) is 0 Å². The Kier molecular flexibility index (Phi) is 6.61. The van der Waals surface area contributed by atoms with Crippen molar-refractivity contribution in [3.05, 3.63) is 34.6 Å². The highest BCUT2D eigenvalue weighted by Crippen LogP contribution is 2.29. The van der Waals surface area contributed by atoms with Gasteiger partial charge in [0.25, 0.3) is 0 Å². The quantitative estimate of drug-likeness (QED) is 0.842. The van der Waals surface area contributed by atoms with Gasteiger partial charge in [-0.05, 0) is 17.7 Å². The van der Waals surface area contributed by atoms with E-state index in [0.29, 0.717) is 11.6 Å². The van der Waals surface area contributed by atoms with Crippen molar-refractivity contribution in [1.29, 1.82) is 0 Å². The Morgan fingerprint density at radius 3 is 2.59 bits per heavy atom. The van der Waals surface area contributed by atoms with E-state index in [2.05, 4.69) is 15.4 Å². The van der Waals surface area contributed by atoms with Crippen LogP contribution in [0.4, 0.5) is 9.18 Å². The molecule has 0 saturated carbocycles. The van der Waals surface area contributed by atoms with Crippen LogP contribution in [-0.4, -0.2) is 32.2 Å². The second kappa shape index (κ2) is 7.98. The first-order valence-corrected chi connectivity index (χ1v) is 7.18. The summed E-state index contributed by atoms with van der Waals surface area (Å²) in [6.45, 7) is 4.34. The molecular formula is C15H20ClFN2O3. The summed E-state index contributed by atoms with van der Waals surface area (Å²) in [6, 6.07) is 4.20. The lowest BCUT2D eigenvalue weighted by molar-refractivity contribution is -0.121. The van der Waals surface area contributed by atoms with Crippen LogP contribution in [0.1, 0.15) is 25.8 Å². The number of halogens is 2. The van der Waals surface area contributed by atoms with E-state index in [4.69, 9.17) is 11.6 Å². The Hall–Kier alpha value is -1.82. The number of rotatable bonds is 6. The first kappa shape index (κ1) is 18.2. The molecule has 1 aromatic rings. The van der Waals surface area contributed by atoms with Crippen LogP contribution in [0.2, 0.25) is 5.02 Å². The van der Waals surface area contributed by atoms with Crippen LogP contribution < -0.4 is 10.6 Å². The topological polar surface area (TPSA) is 67.4 Å². The lowest BCUT2D eigenvalue weighted by Crippen LogP contribution is -2.38. The standard InChI is InChI=1S/C15H20ClFN2O3/c1-15(2,11-5-4-10(17)8-12(11)16)9-19-13(20)6-7-18-14(21)22-3/h4-5,8H,6-7,9H2,1-3H3,(H,18,21)(H,19,20). The molecule has 0 aromatic heterocycles. The summed E-state index contributed by atoms with van der Waals surface area (Å²) in [5.74, 6) is -0.606. The molecule has 2 amide bonds. The molecule has 1 rings (SSSR count). The van der Waals surface area contributed by atoms with Gasteiger partial charge in [0.2, 0.25) is 5.91 Å². The molecule has 0 unspecified atom stereocenters. The van der Waals surface area contributed by atoms with Gasteiger partial charge in [0.05, 0.1) is 7.11 Å². The van der Waals surface area contributed by atoms with Crippen molar-refractivity contribution in [2.75, 3.05) is 20.2 Å². The lowest BCUT2D eigenvalue weighted by atomic mass is 9.84. The van der Waals surface area contributed by atoms with Gasteiger partial charge in [0.15, 0.2) is 0 Å². The van der Waals surface area contributed by atoms with E-state index in [0.717, 1.165) is 5.56 Å². The van der Waals surface area contributed by atoms with Crippen LogP contribution in [0.25, 0.3) is 0 Å². The monoisotopic (exact) mass is 330 g/mol. The summed E-state index contributed by atoms with van der Waals surface area (Å²) >= 11 is 6.05. The van der Waals surface area contributed by atoms with Gasteiger partial charge in [-0.15, -0.1) is 0 Å². The van der Waals surface area contributed by atoms with E-state index in [1.165, 1.54) is 19.2 Å². The van der Waals surface area contributed by atoms with Gasteiger partial charge in [0.1, 0.15) is 5.82 Å². The molecule has 5 nitrogen and oxygen atoms in total. The summed E-state index contributed by atoms with van der Waals surface area (Å²) in [7, 11) is 1.25. The molecule has 0 saturated heterocycles. The fourth-order valence-electron chi connectivity index (χ4n) is 1.89. The fourth-order valence-corrected chi connectivity index (χ4v) is 2.31. The van der Waals surface area contributed by atoms with E-state index in [-0.39, 0.29) is 18.9 Å². The van der Waals surface area contributed by atoms with E-state index >= 15 is 0 Å². The zero-order valence-corrected chi connectivity index (χ0v) is 13.6. The van der Waals surface area contributed by atoms with E-state index in [9.17, 15) is 14.0 Å². The van der Waals surface area contributed by atoms with Gasteiger partial charge in [-0.1, -0.05) is 31.5 Å². The third-order valence-electron chi connectivity index (χ3n) is 3.19. The third kappa shape index (κ3) is 5.52. The summed E-state index contributed by atoms with van der Waals surface area (Å²) in [6.07, 6.45) is -0.436. The molecule has 2 N–H and O–H groups in total. The maximum atomic E-state index is 13.1. The molecule has 0 radical (unpaired) electrons. The van der Waals surface area contributed by atoms with Crippen LogP contribution in [0.15, 0.2) is 18.2 Å². The number of hydrogen-bond donors (Lipinski definition) is 2. The lowest BCUT2D eigenvalue weighted by Gasteiger charge is -2.26. The van der Waals surface area contributed by atoms with Crippen molar-refractivity contribution in [2.45, 2.75) is 25.7 Å². The number of hydrogen-bond acceptors (Lipinski definition) is 3. The zero-order chi connectivity index (χ0) is 16.8. The average molecular weight is 331 g/mol. The number of amides is 2. The highest BCUT2D eigenvalue weighted by Gasteiger charge is 2.24. The third-order valence-corrected chi connectivity index (χ3v) is 3.51. The molecule has 0 heterocycles. The number of carbonyl (C=O) groups is 2. The van der Waals surface area contributed by atoms with Crippen molar-refractivity contribution in [1.82, 2.24) is 10.6 Å². The van der Waals surface area contributed by atoms with E-state index < -0.39 is 17.3 Å². The molecular weight excluding hydrogens is 311 g/mol. The van der Waals surface area contributed by atoms with Crippen molar-refractivity contribution in [3.8, 4) is 0 Å². The summed E-state index contributed by atoms with van der Waals surface area (Å²) in [5, 5.41) is 5.52. The molecule has 0 spiro atoms. The first-order chi connectivity index (χ1) is 10.3. The number of methoxy groups -OCH3 is 1. The molecule has 0 bridgehead atoms. The number of benzene rings is 1. The SMILES string of the molecule is COC(=O)NCCC(=O)NCC(C)(C)c1ccc(F)cc1Cl. The molecule has 7 heteroatoms. The number of alkyl carbamates (subject to hydrolysis) is 1. The van der Waals surface area contributed by atoms with Crippen molar-refractivity contribution >= 4 is 23.6 Å². The van der Waals surface area contributed by atoms with Gasteiger partial charge in [-0.25, -0.2) is 9.18 Å². The predicted molar refractivity (Wildman–Crippen MR) is 82.5 cm³/mol. The highest BCUT2D eigenvalue weighted by molar-refractivity contribution is 6.31. The second-order valence-corrected chi connectivity index (χ2v) is 5.86. The predicted octanol–water partition coefficient (Wildman–Crippen LogP) is 2.62. The Balaban J connectivity index is 2.51. The molecule has 0 aliphatic heterocycles. The van der Waals surface area contributed by atoms with Gasteiger partial charge in [0, 0.05) is 29.9 Å². The van der Waals surface area contributed by atoms with Crippen molar-refractivity contribution < 1.29 is 18.7 Å². The highest BCUT2D eigenvalue weighted by atomic mass is 35.5. The first-order valence-electron chi connectivity index (χ1n) is 6.80. The van der Waals surface area contributed by atoms with Crippen LogP contribution in [-0.2, 0) is 14.9 Å². The molecule has 0 atom stereocenters. The van der Waals surface area contributed by atoms with Crippen LogP contribution in [0, 0.1) is 5.82 Å². The van der Waals surface area contributed by atoms with Gasteiger partial charge >= 0.3 is 6.09 Å². The fraction of sp³-hybridized carbons (Fsp3) is 0.467. The van der Waals surface area contributed by atoms with Gasteiger partial charge < -0.3 is 15.4 Å². The van der Waals surface area contributed by atoms with Crippen LogP contribution in [0.5, 0.6) is 0 Å². The minimum absolute atomic E-state index is 0.141. The summed E-state index contributed by atoms with van der Waals surface area (Å²) < 4.78 is 17.5. The van der Waals surface area contributed by atoms with Crippen molar-refractivity contribution in [2.24, 2.45) is 0 Å². The minimum atomic E-state index is -0.578. The molecule has 0 aliphatic carbocycles. The Labute approximate surface area is 134 Å². The molecule has 22 heavy (non-hydrogen) atoms. The second-order valence-electron chi connectivity index (χ2n) is 5.45. The number of carbonyl (C=O) groups excluding carboxylic acids is 2. The number of ether oxygens (including phenoxy) is 1. The Bertz CT molecular complexity index is 550. The Morgan fingerprint density at radius 2 is 2.00 bits per heavy atom. The summed E-state index contributed by atoms with van der Waals surface area (Å²) in [4.78, 5) is 22.6. The normalized spacial score (nSPS) is 11.0.